The zero-order valence-corrected chi connectivity index (χ0v) is 27.9. The Labute approximate surface area is 278 Å². The summed E-state index contributed by atoms with van der Waals surface area (Å²) in [7, 11) is 1.67. The molecular weight excluding hydrogens is 604 g/mol. The predicted molar refractivity (Wildman–Crippen MR) is 186 cm³/mol. The van der Waals surface area contributed by atoms with Crippen molar-refractivity contribution in [2.24, 2.45) is 0 Å². The van der Waals surface area contributed by atoms with Gasteiger partial charge in [0.1, 0.15) is 23.0 Å². The van der Waals surface area contributed by atoms with Crippen molar-refractivity contribution < 1.29 is 18.8 Å². The number of carbonyl (C=O) groups excluding carboxylic acids is 1. The summed E-state index contributed by atoms with van der Waals surface area (Å²) < 4.78 is 16.9. The van der Waals surface area contributed by atoms with Gasteiger partial charge in [0, 0.05) is 66.0 Å². The van der Waals surface area contributed by atoms with Crippen LogP contribution in [0.15, 0.2) is 53.1 Å². The fourth-order valence-corrected chi connectivity index (χ4v) is 7.79. The van der Waals surface area contributed by atoms with E-state index < -0.39 is 0 Å². The highest BCUT2D eigenvalue weighted by Gasteiger charge is 2.28. The Kier molecular flexibility index (Phi) is 7.85. The third-order valence-electron chi connectivity index (χ3n) is 10.2. The summed E-state index contributed by atoms with van der Waals surface area (Å²) >= 11 is 0. The Bertz CT molecular complexity index is 2150. The Morgan fingerprint density at radius 1 is 0.938 bits per heavy atom. The number of fused-ring (bicyclic) bond motifs is 4. The molecule has 2 saturated heterocycles. The maximum Gasteiger partial charge on any atom is 0.252 e. The highest BCUT2D eigenvalue weighted by Crippen LogP contribution is 2.42. The monoisotopic (exact) mass is 644 g/mol. The molecule has 2 N–H and O–H groups in total. The Morgan fingerprint density at radius 2 is 1.71 bits per heavy atom. The molecule has 0 unspecified atom stereocenters. The van der Waals surface area contributed by atoms with Crippen LogP contribution < -0.4 is 10.1 Å². The molecule has 8 rings (SSSR count). The zero-order chi connectivity index (χ0) is 32.9. The average Bonchev–Trinajstić information content (AvgIpc) is 3.64. The molecule has 0 atom stereocenters. The van der Waals surface area contributed by atoms with E-state index in [0.717, 1.165) is 119 Å². The van der Waals surface area contributed by atoms with Gasteiger partial charge in [-0.2, -0.15) is 0 Å². The first-order valence-electron chi connectivity index (χ1n) is 16.9. The summed E-state index contributed by atoms with van der Waals surface area (Å²) in [6.45, 7) is 9.46. The summed E-state index contributed by atoms with van der Waals surface area (Å²) in [5.74, 6) is 2.06. The number of methoxy groups -OCH3 is 1. The van der Waals surface area contributed by atoms with E-state index in [1.165, 1.54) is 0 Å². The van der Waals surface area contributed by atoms with Gasteiger partial charge in [-0.05, 0) is 75.4 Å². The fraction of sp³-hybridized carbons (Fsp3) is 0.368. The average molecular weight is 645 g/mol. The second-order valence-electron chi connectivity index (χ2n) is 13.1. The number of likely N-dealkylation sites (tertiary alicyclic amines) is 1. The van der Waals surface area contributed by atoms with Gasteiger partial charge in [0.15, 0.2) is 0 Å². The van der Waals surface area contributed by atoms with E-state index in [-0.39, 0.29) is 11.9 Å². The van der Waals surface area contributed by atoms with Gasteiger partial charge in [-0.1, -0.05) is 35.5 Å². The van der Waals surface area contributed by atoms with Crippen molar-refractivity contribution in [3.05, 3.63) is 71.4 Å². The van der Waals surface area contributed by atoms with E-state index in [1.54, 1.807) is 7.11 Å². The molecule has 3 aromatic carbocycles. The van der Waals surface area contributed by atoms with Gasteiger partial charge in [0.2, 0.25) is 0 Å². The summed E-state index contributed by atoms with van der Waals surface area (Å²) in [5, 5.41) is 11.2. The van der Waals surface area contributed by atoms with Crippen LogP contribution in [0.25, 0.3) is 55.1 Å². The van der Waals surface area contributed by atoms with Gasteiger partial charge in [-0.25, -0.2) is 9.97 Å². The molecule has 0 spiro atoms. The van der Waals surface area contributed by atoms with Gasteiger partial charge in [-0.3, -0.25) is 4.79 Å². The summed E-state index contributed by atoms with van der Waals surface area (Å²) in [4.78, 5) is 29.7. The van der Waals surface area contributed by atoms with E-state index in [2.05, 4.69) is 32.5 Å². The number of aromatic nitrogens is 4. The fourth-order valence-electron chi connectivity index (χ4n) is 7.79. The number of amides is 1. The molecule has 2 aliphatic heterocycles. The predicted octanol–water partition coefficient (Wildman–Crippen LogP) is 6.89. The highest BCUT2D eigenvalue weighted by atomic mass is 16.5. The Hall–Kier alpha value is -4.80. The van der Waals surface area contributed by atoms with Crippen LogP contribution >= 0.6 is 0 Å². The quantitative estimate of drug-likeness (QED) is 0.201. The lowest BCUT2D eigenvalue weighted by atomic mass is 9.94. The first-order valence-corrected chi connectivity index (χ1v) is 16.9. The number of hydrogen-bond acceptors (Lipinski definition) is 8. The third kappa shape index (κ3) is 5.29. The van der Waals surface area contributed by atoms with Crippen molar-refractivity contribution in [1.29, 1.82) is 0 Å². The molecule has 2 fully saturated rings. The normalized spacial score (nSPS) is 16.7. The largest absolute Gasteiger partial charge is 0.496 e. The topological polar surface area (TPSA) is 118 Å². The molecule has 246 valence electrons. The van der Waals surface area contributed by atoms with Crippen molar-refractivity contribution in [3.8, 4) is 28.1 Å². The number of hydrogen-bond donors (Lipinski definition) is 2. The number of piperidine rings is 1. The second-order valence-corrected chi connectivity index (χ2v) is 13.1. The molecule has 5 heterocycles. The van der Waals surface area contributed by atoms with Crippen LogP contribution in [0.5, 0.6) is 5.75 Å². The van der Waals surface area contributed by atoms with Crippen LogP contribution in [0.1, 0.15) is 53.3 Å². The Morgan fingerprint density at radius 3 is 2.44 bits per heavy atom. The molecule has 48 heavy (non-hydrogen) atoms. The number of nitrogens with one attached hydrogen (secondary N) is 2. The smallest absolute Gasteiger partial charge is 0.252 e. The molecule has 3 aromatic heterocycles. The first kappa shape index (κ1) is 30.5. The van der Waals surface area contributed by atoms with E-state index in [9.17, 15) is 4.79 Å². The number of H-pyrrole nitrogens is 1. The molecular formula is C38H40N6O4. The van der Waals surface area contributed by atoms with Crippen LogP contribution in [0, 0.1) is 20.8 Å². The van der Waals surface area contributed by atoms with Crippen molar-refractivity contribution in [2.75, 3.05) is 33.4 Å². The summed E-state index contributed by atoms with van der Waals surface area (Å²) in [5.41, 5.74) is 6.68. The van der Waals surface area contributed by atoms with Gasteiger partial charge in [0.05, 0.1) is 29.4 Å². The van der Waals surface area contributed by atoms with Gasteiger partial charge >= 0.3 is 0 Å². The molecule has 6 aromatic rings. The van der Waals surface area contributed by atoms with Crippen LogP contribution in [-0.2, 0) is 4.74 Å². The molecule has 10 nitrogen and oxygen atoms in total. The molecule has 0 saturated carbocycles. The standard InChI is InChI=1S/C38H40N6O4/c1-21-34(22(2)48-43-21)31-19-32-30(20-33(31)46-4)35-36(39-23(3)40-37(35)42-32)28-9-10-29(27-8-6-5-7-26(27)28)38(45)41-24-11-15-44(16-12-24)25-13-17-47-18-14-25/h5-10,19-20,24-25H,11-18H2,1-4H3,(H,41,45)(H,39,40,42). The summed E-state index contributed by atoms with van der Waals surface area (Å²) in [6.07, 6.45) is 4.12. The number of rotatable bonds is 6. The number of nitrogens with zero attached hydrogens (tertiary/aromatic N) is 4. The highest BCUT2D eigenvalue weighted by molar-refractivity contribution is 6.17. The van der Waals surface area contributed by atoms with E-state index >= 15 is 0 Å². The molecule has 2 aliphatic rings. The van der Waals surface area contributed by atoms with Crippen LogP contribution in [0.3, 0.4) is 0 Å². The SMILES string of the molecule is COc1cc2c(cc1-c1c(C)noc1C)[nH]c1nc(C)nc(-c3ccc(C(=O)NC4CCN(C5CCOCC5)CC4)c4ccccc34)c12. The summed E-state index contributed by atoms with van der Waals surface area (Å²) in [6, 6.07) is 16.9. The van der Waals surface area contributed by atoms with Crippen LogP contribution in [0.4, 0.5) is 0 Å². The number of aryl methyl sites for hydroxylation is 3. The van der Waals surface area contributed by atoms with Crippen molar-refractivity contribution in [3.63, 3.8) is 0 Å². The van der Waals surface area contributed by atoms with Crippen LogP contribution in [0.2, 0.25) is 0 Å². The van der Waals surface area contributed by atoms with Gasteiger partial charge < -0.3 is 29.2 Å². The number of aromatic amines is 1. The second kappa shape index (κ2) is 12.3. The number of carbonyl (C=O) groups is 1. The zero-order valence-electron chi connectivity index (χ0n) is 27.9. The molecule has 10 heteroatoms. The maximum atomic E-state index is 13.8. The molecule has 0 aliphatic carbocycles. The van der Waals surface area contributed by atoms with E-state index in [1.807, 2.05) is 57.2 Å². The maximum absolute atomic E-state index is 13.8. The Balaban J connectivity index is 1.16. The molecule has 0 radical (unpaired) electrons. The third-order valence-corrected chi connectivity index (χ3v) is 10.2. The van der Waals surface area contributed by atoms with E-state index in [4.69, 9.17) is 24.0 Å². The van der Waals surface area contributed by atoms with Crippen molar-refractivity contribution in [1.82, 2.24) is 30.3 Å². The lowest BCUT2D eigenvalue weighted by Crippen LogP contribution is -2.49. The van der Waals surface area contributed by atoms with Crippen molar-refractivity contribution >= 4 is 38.6 Å². The lowest BCUT2D eigenvalue weighted by molar-refractivity contribution is 0.0239. The number of benzene rings is 3. The van der Waals surface area contributed by atoms with Crippen LogP contribution in [-0.4, -0.2) is 76.4 Å². The van der Waals surface area contributed by atoms with E-state index in [0.29, 0.717) is 23.2 Å². The number of ether oxygens (including phenoxy) is 2. The molecule has 1 amide bonds. The minimum Gasteiger partial charge on any atom is -0.496 e. The first-order chi connectivity index (χ1) is 23.4. The lowest BCUT2D eigenvalue weighted by Gasteiger charge is -2.39. The van der Waals surface area contributed by atoms with Gasteiger partial charge in [0.25, 0.3) is 5.91 Å². The minimum atomic E-state index is -0.0324. The van der Waals surface area contributed by atoms with Crippen molar-refractivity contribution in [2.45, 2.75) is 58.5 Å². The minimum absolute atomic E-state index is 0.0324. The molecule has 0 bridgehead atoms. The van der Waals surface area contributed by atoms with Gasteiger partial charge in [-0.15, -0.1) is 0 Å².